The Kier molecular flexibility index (Phi) is 6.26. The quantitative estimate of drug-likeness (QED) is 0.594. The van der Waals surface area contributed by atoms with Gasteiger partial charge in [-0.05, 0) is 55.3 Å². The maximum atomic E-state index is 12.6. The molecular weight excluding hydrogens is 412 g/mol. The molecule has 0 aliphatic rings. The van der Waals surface area contributed by atoms with Crippen LogP contribution in [0.5, 0.6) is 5.75 Å². The lowest BCUT2D eigenvalue weighted by Crippen LogP contribution is -2.24. The van der Waals surface area contributed by atoms with Gasteiger partial charge in [-0.1, -0.05) is 23.5 Å². The number of rotatable bonds is 7. The van der Waals surface area contributed by atoms with E-state index in [1.807, 2.05) is 13.0 Å². The van der Waals surface area contributed by atoms with Crippen molar-refractivity contribution in [3.63, 3.8) is 0 Å². The second kappa shape index (κ2) is 8.68. The number of ether oxygens (including phenoxy) is 1. The molecule has 0 unspecified atom stereocenters. The van der Waals surface area contributed by atoms with Gasteiger partial charge >= 0.3 is 0 Å². The van der Waals surface area contributed by atoms with Crippen molar-refractivity contribution in [1.82, 2.24) is 14.9 Å². The number of hydrogen-bond donors (Lipinski definition) is 2. The first-order valence-corrected chi connectivity index (χ1v) is 10.9. The average Bonchev–Trinajstić information content (AvgIpc) is 3.18. The third kappa shape index (κ3) is 5.17. The summed E-state index contributed by atoms with van der Waals surface area (Å²) in [6.07, 6.45) is 0. The molecule has 0 aliphatic carbocycles. The minimum absolute atomic E-state index is 0.0524. The second-order valence-corrected chi connectivity index (χ2v) is 9.07. The van der Waals surface area contributed by atoms with Crippen LogP contribution in [0, 0.1) is 13.8 Å². The highest BCUT2D eigenvalue weighted by atomic mass is 32.2. The number of anilines is 1. The van der Waals surface area contributed by atoms with E-state index in [-0.39, 0.29) is 16.4 Å². The molecule has 3 rings (SSSR count). The van der Waals surface area contributed by atoms with Gasteiger partial charge in [0.2, 0.25) is 15.0 Å². The molecule has 0 saturated heterocycles. The van der Waals surface area contributed by atoms with Gasteiger partial charge in [0.1, 0.15) is 10.8 Å². The van der Waals surface area contributed by atoms with Gasteiger partial charge in [-0.25, -0.2) is 13.1 Å². The summed E-state index contributed by atoms with van der Waals surface area (Å²) in [6.45, 7) is 3.51. The van der Waals surface area contributed by atoms with Gasteiger partial charge in [0.25, 0.3) is 5.91 Å². The van der Waals surface area contributed by atoms with Crippen molar-refractivity contribution in [1.29, 1.82) is 0 Å². The third-order valence-corrected chi connectivity index (χ3v) is 6.52. The van der Waals surface area contributed by atoms with E-state index in [0.717, 1.165) is 16.9 Å². The summed E-state index contributed by atoms with van der Waals surface area (Å²) < 4.78 is 32.7. The highest BCUT2D eigenvalue weighted by Gasteiger charge is 2.19. The zero-order valence-electron chi connectivity index (χ0n) is 16.1. The third-order valence-electron chi connectivity index (χ3n) is 4.06. The molecule has 0 atom stereocenters. The van der Waals surface area contributed by atoms with Crippen LogP contribution < -0.4 is 14.8 Å². The van der Waals surface area contributed by atoms with Crippen molar-refractivity contribution in [3.05, 3.63) is 63.6 Å². The molecule has 0 radical (unpaired) electrons. The summed E-state index contributed by atoms with van der Waals surface area (Å²) in [5.41, 5.74) is 2.09. The molecule has 0 aliphatic heterocycles. The summed E-state index contributed by atoms with van der Waals surface area (Å²) in [4.78, 5) is 12.5. The number of carbonyl (C=O) groups excluding carboxylic acids is 1. The average molecular weight is 433 g/mol. The Labute approximate surface area is 173 Å². The van der Waals surface area contributed by atoms with Crippen molar-refractivity contribution in [2.75, 3.05) is 12.4 Å². The fraction of sp³-hybridized carbons (Fsp3) is 0.211. The molecule has 1 amide bonds. The first-order chi connectivity index (χ1) is 13.8. The Morgan fingerprint density at radius 1 is 1.10 bits per heavy atom. The van der Waals surface area contributed by atoms with E-state index in [2.05, 4.69) is 20.2 Å². The molecule has 2 N–H and O–H groups in total. The minimum Gasteiger partial charge on any atom is -0.497 e. The van der Waals surface area contributed by atoms with Gasteiger partial charge in [-0.15, -0.1) is 10.2 Å². The summed E-state index contributed by atoms with van der Waals surface area (Å²) >= 11 is 1.03. The van der Waals surface area contributed by atoms with Crippen LogP contribution in [0.4, 0.5) is 5.69 Å². The van der Waals surface area contributed by atoms with Crippen molar-refractivity contribution in [2.24, 2.45) is 0 Å². The monoisotopic (exact) mass is 432 g/mol. The number of aromatic nitrogens is 2. The van der Waals surface area contributed by atoms with E-state index < -0.39 is 15.9 Å². The van der Waals surface area contributed by atoms with E-state index in [4.69, 9.17) is 4.74 Å². The number of carbonyl (C=O) groups is 1. The maximum absolute atomic E-state index is 12.6. The molecule has 3 aromatic rings. The molecule has 152 valence electrons. The number of methoxy groups -OCH3 is 1. The Bertz CT molecular complexity index is 1130. The summed E-state index contributed by atoms with van der Waals surface area (Å²) in [6, 6.07) is 12.1. The molecule has 10 heteroatoms. The van der Waals surface area contributed by atoms with E-state index in [1.54, 1.807) is 50.4 Å². The van der Waals surface area contributed by atoms with E-state index in [1.165, 1.54) is 0 Å². The smallest absolute Gasteiger partial charge is 0.286 e. The van der Waals surface area contributed by atoms with Gasteiger partial charge in [0.05, 0.1) is 18.6 Å². The predicted molar refractivity (Wildman–Crippen MR) is 111 cm³/mol. The van der Waals surface area contributed by atoms with Gasteiger partial charge in [0, 0.05) is 5.69 Å². The SMILES string of the molecule is COc1ccc(NC(=O)c2nnc(CNS(=O)(=O)c3cc(C)ccc3C)s2)cc1. The molecule has 1 heterocycles. The Morgan fingerprint density at radius 3 is 2.52 bits per heavy atom. The standard InChI is InChI=1S/C19H20N4O4S2/c1-12-4-5-13(2)16(10-12)29(25,26)20-11-17-22-23-19(28-17)18(24)21-14-6-8-15(27-3)9-7-14/h4-10,20H,11H2,1-3H3,(H,21,24). The lowest BCUT2D eigenvalue weighted by Gasteiger charge is -2.09. The van der Waals surface area contributed by atoms with Crippen LogP contribution in [-0.2, 0) is 16.6 Å². The van der Waals surface area contributed by atoms with Crippen LogP contribution in [0.2, 0.25) is 0 Å². The van der Waals surface area contributed by atoms with Crippen LogP contribution >= 0.6 is 11.3 Å². The fourth-order valence-electron chi connectivity index (χ4n) is 2.51. The van der Waals surface area contributed by atoms with Gasteiger partial charge < -0.3 is 10.1 Å². The Hall–Kier alpha value is -2.82. The van der Waals surface area contributed by atoms with E-state index in [0.29, 0.717) is 22.0 Å². The van der Waals surface area contributed by atoms with Crippen LogP contribution in [-0.4, -0.2) is 31.6 Å². The molecule has 0 saturated carbocycles. The molecule has 8 nitrogen and oxygen atoms in total. The number of aryl methyl sites for hydroxylation is 2. The topological polar surface area (TPSA) is 110 Å². The van der Waals surface area contributed by atoms with Crippen LogP contribution in [0.3, 0.4) is 0 Å². The summed E-state index contributed by atoms with van der Waals surface area (Å²) in [5, 5.41) is 11.0. The van der Waals surface area contributed by atoms with Crippen molar-refractivity contribution in [2.45, 2.75) is 25.3 Å². The number of nitrogens with one attached hydrogen (secondary N) is 2. The zero-order valence-corrected chi connectivity index (χ0v) is 17.7. The van der Waals surface area contributed by atoms with Gasteiger partial charge in [0.15, 0.2) is 0 Å². The fourth-order valence-corrected chi connectivity index (χ4v) is 4.59. The van der Waals surface area contributed by atoms with Gasteiger partial charge in [-0.2, -0.15) is 0 Å². The highest BCUT2D eigenvalue weighted by Crippen LogP contribution is 2.19. The van der Waals surface area contributed by atoms with E-state index >= 15 is 0 Å². The lowest BCUT2D eigenvalue weighted by molar-refractivity contribution is 0.102. The number of nitrogens with zero attached hydrogens (tertiary/aromatic N) is 2. The predicted octanol–water partition coefficient (Wildman–Crippen LogP) is 2.89. The molecule has 0 spiro atoms. The Balaban J connectivity index is 1.65. The van der Waals surface area contributed by atoms with Crippen molar-refractivity contribution in [3.8, 4) is 5.75 Å². The lowest BCUT2D eigenvalue weighted by atomic mass is 10.2. The second-order valence-electron chi connectivity index (χ2n) is 6.28. The molecule has 0 fully saturated rings. The number of hydrogen-bond acceptors (Lipinski definition) is 7. The number of sulfonamides is 1. The van der Waals surface area contributed by atoms with Crippen LogP contribution in [0.1, 0.15) is 25.9 Å². The van der Waals surface area contributed by atoms with E-state index in [9.17, 15) is 13.2 Å². The minimum atomic E-state index is -3.70. The van der Waals surface area contributed by atoms with Crippen LogP contribution in [0.15, 0.2) is 47.4 Å². The highest BCUT2D eigenvalue weighted by molar-refractivity contribution is 7.89. The first kappa shape index (κ1) is 20.9. The van der Waals surface area contributed by atoms with Crippen molar-refractivity contribution >= 4 is 33.0 Å². The number of amides is 1. The van der Waals surface area contributed by atoms with Gasteiger partial charge in [-0.3, -0.25) is 4.79 Å². The molecule has 0 bridgehead atoms. The normalized spacial score (nSPS) is 11.3. The molecule has 29 heavy (non-hydrogen) atoms. The maximum Gasteiger partial charge on any atom is 0.286 e. The first-order valence-electron chi connectivity index (χ1n) is 8.63. The summed E-state index contributed by atoms with van der Waals surface area (Å²) in [7, 11) is -2.14. The Morgan fingerprint density at radius 2 is 1.83 bits per heavy atom. The van der Waals surface area contributed by atoms with Crippen LogP contribution in [0.25, 0.3) is 0 Å². The summed E-state index contributed by atoms with van der Waals surface area (Å²) in [5.74, 6) is 0.258. The molecule has 1 aromatic heterocycles. The molecular formula is C19H20N4O4S2. The molecule has 2 aromatic carbocycles. The number of benzene rings is 2. The largest absolute Gasteiger partial charge is 0.497 e. The zero-order chi connectivity index (χ0) is 21.0. The van der Waals surface area contributed by atoms with Crippen molar-refractivity contribution < 1.29 is 17.9 Å².